The van der Waals surface area contributed by atoms with Crippen LogP contribution in [0.1, 0.15) is 105 Å². The standard InChI is InChI=1S/C20H40/c1-5-7-9-10-11-12-13-14-15-16-18-20(19(3)4)17-8-6-2/h10-11,19-20H,5-9,12-18H2,1-4H3/b11-10+. The summed E-state index contributed by atoms with van der Waals surface area (Å²) in [5, 5.41) is 0. The largest absolute Gasteiger partial charge is 0.0885 e. The van der Waals surface area contributed by atoms with Gasteiger partial charge >= 0.3 is 0 Å². The highest BCUT2D eigenvalue weighted by molar-refractivity contribution is 4.81. The van der Waals surface area contributed by atoms with Gasteiger partial charge in [-0.2, -0.15) is 0 Å². The summed E-state index contributed by atoms with van der Waals surface area (Å²) in [6.07, 6.45) is 21.4. The molecular weight excluding hydrogens is 240 g/mol. The van der Waals surface area contributed by atoms with Crippen LogP contribution >= 0.6 is 0 Å². The molecule has 1 unspecified atom stereocenters. The average Bonchev–Trinajstić information content (AvgIpc) is 2.43. The van der Waals surface area contributed by atoms with E-state index in [-0.39, 0.29) is 0 Å². The van der Waals surface area contributed by atoms with Gasteiger partial charge in [0.05, 0.1) is 0 Å². The van der Waals surface area contributed by atoms with Crippen molar-refractivity contribution in [3.8, 4) is 0 Å². The second kappa shape index (κ2) is 15.1. The van der Waals surface area contributed by atoms with Crippen molar-refractivity contribution >= 4 is 0 Å². The lowest BCUT2D eigenvalue weighted by Gasteiger charge is -2.20. The van der Waals surface area contributed by atoms with Gasteiger partial charge in [0.2, 0.25) is 0 Å². The zero-order chi connectivity index (χ0) is 15.1. The maximum absolute atomic E-state index is 2.40. The molecule has 120 valence electrons. The third kappa shape index (κ3) is 12.8. The van der Waals surface area contributed by atoms with Gasteiger partial charge in [-0.15, -0.1) is 0 Å². The van der Waals surface area contributed by atoms with Crippen LogP contribution in [0, 0.1) is 11.8 Å². The van der Waals surface area contributed by atoms with Crippen molar-refractivity contribution in [2.75, 3.05) is 0 Å². The van der Waals surface area contributed by atoms with E-state index in [4.69, 9.17) is 0 Å². The molecule has 0 N–H and O–H groups in total. The molecule has 0 aromatic heterocycles. The van der Waals surface area contributed by atoms with Gasteiger partial charge in [0.1, 0.15) is 0 Å². The Morgan fingerprint density at radius 1 is 0.650 bits per heavy atom. The van der Waals surface area contributed by atoms with Crippen LogP contribution in [0.3, 0.4) is 0 Å². The fourth-order valence-corrected chi connectivity index (χ4v) is 2.86. The van der Waals surface area contributed by atoms with Crippen molar-refractivity contribution in [1.29, 1.82) is 0 Å². The van der Waals surface area contributed by atoms with Gasteiger partial charge in [-0.05, 0) is 31.1 Å². The van der Waals surface area contributed by atoms with Crippen LogP contribution in [0.4, 0.5) is 0 Å². The molecule has 0 spiro atoms. The Hall–Kier alpha value is -0.260. The van der Waals surface area contributed by atoms with Gasteiger partial charge in [0.15, 0.2) is 0 Å². The van der Waals surface area contributed by atoms with Gasteiger partial charge in [-0.1, -0.05) is 97.6 Å². The lowest BCUT2D eigenvalue weighted by Crippen LogP contribution is -2.08. The van der Waals surface area contributed by atoms with Gasteiger partial charge in [-0.3, -0.25) is 0 Å². The summed E-state index contributed by atoms with van der Waals surface area (Å²) in [4.78, 5) is 0. The highest BCUT2D eigenvalue weighted by atomic mass is 14.2. The van der Waals surface area contributed by atoms with Crippen LogP contribution in [-0.4, -0.2) is 0 Å². The summed E-state index contributed by atoms with van der Waals surface area (Å²) in [6, 6.07) is 0. The minimum Gasteiger partial charge on any atom is -0.0885 e. The summed E-state index contributed by atoms with van der Waals surface area (Å²) in [5.41, 5.74) is 0. The lowest BCUT2D eigenvalue weighted by molar-refractivity contribution is 0.316. The van der Waals surface area contributed by atoms with Crippen molar-refractivity contribution in [3.05, 3.63) is 12.2 Å². The highest BCUT2D eigenvalue weighted by Gasteiger charge is 2.11. The predicted molar refractivity (Wildman–Crippen MR) is 94.2 cm³/mol. The van der Waals surface area contributed by atoms with E-state index < -0.39 is 0 Å². The van der Waals surface area contributed by atoms with E-state index in [9.17, 15) is 0 Å². The van der Waals surface area contributed by atoms with Crippen molar-refractivity contribution in [3.63, 3.8) is 0 Å². The summed E-state index contributed by atoms with van der Waals surface area (Å²) < 4.78 is 0. The molecule has 0 aromatic rings. The molecular formula is C20H40. The molecule has 1 atom stereocenters. The normalized spacial score (nSPS) is 13.4. The second-order valence-electron chi connectivity index (χ2n) is 6.75. The monoisotopic (exact) mass is 280 g/mol. The third-order valence-corrected chi connectivity index (χ3v) is 4.46. The van der Waals surface area contributed by atoms with Crippen LogP contribution in [-0.2, 0) is 0 Å². The van der Waals surface area contributed by atoms with E-state index in [0.29, 0.717) is 0 Å². The Bertz CT molecular complexity index is 202. The van der Waals surface area contributed by atoms with Crippen LogP contribution in [0.25, 0.3) is 0 Å². The highest BCUT2D eigenvalue weighted by Crippen LogP contribution is 2.24. The van der Waals surface area contributed by atoms with Crippen LogP contribution in [0.5, 0.6) is 0 Å². The van der Waals surface area contributed by atoms with Crippen molar-refractivity contribution < 1.29 is 0 Å². The molecule has 0 saturated heterocycles. The van der Waals surface area contributed by atoms with Gasteiger partial charge in [0, 0.05) is 0 Å². The Kier molecular flexibility index (Phi) is 14.9. The molecule has 0 aliphatic rings. The van der Waals surface area contributed by atoms with Crippen LogP contribution in [0.2, 0.25) is 0 Å². The molecule has 0 fully saturated rings. The lowest BCUT2D eigenvalue weighted by atomic mass is 9.86. The van der Waals surface area contributed by atoms with Crippen molar-refractivity contribution in [2.45, 2.75) is 105 Å². The molecule has 20 heavy (non-hydrogen) atoms. The summed E-state index contributed by atoms with van der Waals surface area (Å²) in [7, 11) is 0. The Balaban J connectivity index is 3.42. The maximum atomic E-state index is 2.40. The average molecular weight is 281 g/mol. The van der Waals surface area contributed by atoms with E-state index >= 15 is 0 Å². The van der Waals surface area contributed by atoms with E-state index in [1.807, 2.05) is 0 Å². The van der Waals surface area contributed by atoms with Crippen molar-refractivity contribution in [1.82, 2.24) is 0 Å². The summed E-state index contributed by atoms with van der Waals surface area (Å²) >= 11 is 0. The van der Waals surface area contributed by atoms with E-state index in [0.717, 1.165) is 11.8 Å². The molecule has 0 rings (SSSR count). The first-order valence-electron chi connectivity index (χ1n) is 9.37. The smallest absolute Gasteiger partial charge is 0.0351 e. The quantitative estimate of drug-likeness (QED) is 0.228. The van der Waals surface area contributed by atoms with Gasteiger partial charge in [-0.25, -0.2) is 0 Å². The minimum atomic E-state index is 0.878. The number of unbranched alkanes of at least 4 members (excludes halogenated alkanes) is 7. The number of hydrogen-bond acceptors (Lipinski definition) is 0. The van der Waals surface area contributed by atoms with Crippen LogP contribution in [0.15, 0.2) is 12.2 Å². The molecule has 0 amide bonds. The molecule has 0 bridgehead atoms. The fourth-order valence-electron chi connectivity index (χ4n) is 2.86. The molecule has 0 heteroatoms. The first-order valence-corrected chi connectivity index (χ1v) is 9.37. The van der Waals surface area contributed by atoms with E-state index in [1.54, 1.807) is 0 Å². The molecule has 0 aliphatic carbocycles. The zero-order valence-corrected chi connectivity index (χ0v) is 14.8. The first-order chi connectivity index (χ1) is 9.72. The molecule has 0 aromatic carbocycles. The number of hydrogen-bond donors (Lipinski definition) is 0. The Morgan fingerprint density at radius 2 is 1.20 bits per heavy atom. The summed E-state index contributed by atoms with van der Waals surface area (Å²) in [6.45, 7) is 9.38. The number of allylic oxidation sites excluding steroid dienone is 2. The SMILES string of the molecule is CCCC/C=C/CCCCCCC(CCCC)C(C)C. The van der Waals surface area contributed by atoms with E-state index in [2.05, 4.69) is 39.8 Å². The molecule has 0 heterocycles. The van der Waals surface area contributed by atoms with E-state index in [1.165, 1.54) is 77.0 Å². The molecule has 0 radical (unpaired) electrons. The minimum absolute atomic E-state index is 0.878. The molecule has 0 saturated carbocycles. The molecule has 0 aliphatic heterocycles. The van der Waals surface area contributed by atoms with Crippen LogP contribution < -0.4 is 0 Å². The maximum Gasteiger partial charge on any atom is -0.0351 e. The van der Waals surface area contributed by atoms with Crippen molar-refractivity contribution in [2.24, 2.45) is 11.8 Å². The molecule has 0 nitrogen and oxygen atoms in total. The number of rotatable bonds is 14. The topological polar surface area (TPSA) is 0 Å². The second-order valence-corrected chi connectivity index (χ2v) is 6.75. The third-order valence-electron chi connectivity index (χ3n) is 4.46. The zero-order valence-electron chi connectivity index (χ0n) is 14.8. The summed E-state index contributed by atoms with van der Waals surface area (Å²) in [5.74, 6) is 1.85. The fraction of sp³-hybridized carbons (Fsp3) is 0.900. The Labute approximate surface area is 129 Å². The van der Waals surface area contributed by atoms with Gasteiger partial charge in [0.25, 0.3) is 0 Å². The Morgan fingerprint density at radius 3 is 1.80 bits per heavy atom. The predicted octanol–water partition coefficient (Wildman–Crippen LogP) is 7.54. The first kappa shape index (κ1) is 19.7. The van der Waals surface area contributed by atoms with Gasteiger partial charge < -0.3 is 0 Å².